The summed E-state index contributed by atoms with van der Waals surface area (Å²) >= 11 is 0. The normalized spacial score (nSPS) is 17.7. The number of rotatable bonds is 8. The Morgan fingerprint density at radius 2 is 2.27 bits per heavy atom. The van der Waals surface area contributed by atoms with Gasteiger partial charge >= 0.3 is 0 Å². The number of nitrogens with zero attached hydrogens (tertiary/aromatic N) is 2. The summed E-state index contributed by atoms with van der Waals surface area (Å²) in [6, 6.07) is 2.36. The lowest BCUT2D eigenvalue weighted by Gasteiger charge is -2.18. The molecule has 0 bridgehead atoms. The van der Waals surface area contributed by atoms with E-state index in [0.717, 1.165) is 31.8 Å². The molecule has 1 unspecified atom stereocenters. The van der Waals surface area contributed by atoms with Crippen molar-refractivity contribution in [3.8, 4) is 6.07 Å². The van der Waals surface area contributed by atoms with Gasteiger partial charge in [0.15, 0.2) is 0 Å². The van der Waals surface area contributed by atoms with E-state index in [1.54, 1.807) is 0 Å². The second-order valence-corrected chi connectivity index (χ2v) is 4.63. The van der Waals surface area contributed by atoms with Gasteiger partial charge in [0.25, 0.3) is 0 Å². The molecule has 1 N–H and O–H groups in total. The molecule has 0 heterocycles. The minimum atomic E-state index is 0.0339. The molecule has 1 atom stereocenters. The van der Waals surface area contributed by atoms with E-state index < -0.39 is 0 Å². The molecule has 86 valence electrons. The minimum Gasteiger partial charge on any atom is -0.306 e. The number of hydrogen-bond donors (Lipinski definition) is 1. The summed E-state index contributed by atoms with van der Waals surface area (Å²) in [5.41, 5.74) is 0. The van der Waals surface area contributed by atoms with E-state index in [9.17, 15) is 0 Å². The van der Waals surface area contributed by atoms with Gasteiger partial charge in [-0.05, 0) is 45.2 Å². The van der Waals surface area contributed by atoms with Crippen LogP contribution in [0.25, 0.3) is 0 Å². The van der Waals surface area contributed by atoms with Gasteiger partial charge in [-0.25, -0.2) is 0 Å². The lowest BCUT2D eigenvalue weighted by Crippen LogP contribution is -2.33. The summed E-state index contributed by atoms with van der Waals surface area (Å²) in [5.74, 6) is 0.944. The maximum absolute atomic E-state index is 8.93. The van der Waals surface area contributed by atoms with E-state index in [1.807, 2.05) is 0 Å². The summed E-state index contributed by atoms with van der Waals surface area (Å²) in [7, 11) is 2.16. The highest BCUT2D eigenvalue weighted by atomic mass is 15.1. The Morgan fingerprint density at radius 1 is 1.53 bits per heavy atom. The Hall–Kier alpha value is -0.590. The Bertz CT molecular complexity index is 205. The molecule has 0 aromatic heterocycles. The first-order chi connectivity index (χ1) is 7.26. The molecule has 0 aromatic rings. The lowest BCUT2D eigenvalue weighted by molar-refractivity contribution is 0.306. The maximum atomic E-state index is 8.93. The van der Waals surface area contributed by atoms with Crippen molar-refractivity contribution in [3.05, 3.63) is 0 Å². The third kappa shape index (κ3) is 5.76. The van der Waals surface area contributed by atoms with Gasteiger partial charge in [0.05, 0.1) is 12.1 Å². The van der Waals surface area contributed by atoms with Gasteiger partial charge < -0.3 is 10.2 Å². The molecule has 0 aromatic carbocycles. The van der Waals surface area contributed by atoms with Crippen LogP contribution in [-0.2, 0) is 0 Å². The standard InChI is InChI=1S/C12H23N3/c1-3-7-14-12(9-13)6-8-15(2)10-11-4-5-11/h11-12,14H,3-8,10H2,1-2H3. The van der Waals surface area contributed by atoms with E-state index in [1.165, 1.54) is 19.4 Å². The molecule has 1 saturated carbocycles. The Kier molecular flexibility index (Phi) is 5.67. The maximum Gasteiger partial charge on any atom is 0.0965 e. The molecule has 1 fully saturated rings. The van der Waals surface area contributed by atoms with Crippen molar-refractivity contribution in [1.29, 1.82) is 5.26 Å². The van der Waals surface area contributed by atoms with E-state index in [0.29, 0.717) is 0 Å². The van der Waals surface area contributed by atoms with E-state index in [-0.39, 0.29) is 6.04 Å². The van der Waals surface area contributed by atoms with Crippen molar-refractivity contribution in [2.24, 2.45) is 5.92 Å². The third-order valence-corrected chi connectivity index (χ3v) is 2.86. The Morgan fingerprint density at radius 3 is 2.80 bits per heavy atom. The van der Waals surface area contributed by atoms with Crippen LogP contribution in [-0.4, -0.2) is 37.6 Å². The van der Waals surface area contributed by atoms with Crippen LogP contribution >= 0.6 is 0 Å². The highest BCUT2D eigenvalue weighted by Gasteiger charge is 2.22. The first kappa shape index (κ1) is 12.5. The molecule has 0 radical (unpaired) electrons. The predicted octanol–water partition coefficient (Wildman–Crippen LogP) is 1.61. The molecule has 1 aliphatic carbocycles. The van der Waals surface area contributed by atoms with Gasteiger partial charge in [0, 0.05) is 13.1 Å². The highest BCUT2D eigenvalue weighted by molar-refractivity contribution is 4.90. The van der Waals surface area contributed by atoms with Crippen molar-refractivity contribution in [2.45, 2.75) is 38.6 Å². The molecular formula is C12H23N3. The largest absolute Gasteiger partial charge is 0.306 e. The van der Waals surface area contributed by atoms with Crippen LogP contribution in [0.2, 0.25) is 0 Å². The second kappa shape index (κ2) is 6.81. The molecule has 1 rings (SSSR count). The molecule has 0 amide bonds. The molecule has 0 aliphatic heterocycles. The number of nitriles is 1. The third-order valence-electron chi connectivity index (χ3n) is 2.86. The fourth-order valence-corrected chi connectivity index (χ4v) is 1.71. The number of hydrogen-bond acceptors (Lipinski definition) is 3. The fraction of sp³-hybridized carbons (Fsp3) is 0.917. The van der Waals surface area contributed by atoms with E-state index >= 15 is 0 Å². The molecular weight excluding hydrogens is 186 g/mol. The first-order valence-electron chi connectivity index (χ1n) is 6.07. The van der Waals surface area contributed by atoms with Crippen molar-refractivity contribution >= 4 is 0 Å². The molecule has 0 saturated heterocycles. The quantitative estimate of drug-likeness (QED) is 0.660. The van der Waals surface area contributed by atoms with Crippen LogP contribution in [0, 0.1) is 17.2 Å². The monoisotopic (exact) mass is 209 g/mol. The van der Waals surface area contributed by atoms with Gasteiger partial charge in [-0.15, -0.1) is 0 Å². The van der Waals surface area contributed by atoms with Crippen LogP contribution < -0.4 is 5.32 Å². The van der Waals surface area contributed by atoms with Crippen LogP contribution in [0.15, 0.2) is 0 Å². The van der Waals surface area contributed by atoms with Crippen LogP contribution in [0.5, 0.6) is 0 Å². The topological polar surface area (TPSA) is 39.1 Å². The van der Waals surface area contributed by atoms with Gasteiger partial charge in [-0.2, -0.15) is 5.26 Å². The van der Waals surface area contributed by atoms with Gasteiger partial charge in [0.2, 0.25) is 0 Å². The van der Waals surface area contributed by atoms with Crippen LogP contribution in [0.4, 0.5) is 0 Å². The molecule has 0 spiro atoms. The summed E-state index contributed by atoms with van der Waals surface area (Å²) in [4.78, 5) is 2.36. The summed E-state index contributed by atoms with van der Waals surface area (Å²) < 4.78 is 0. The highest BCUT2D eigenvalue weighted by Crippen LogP contribution is 2.29. The van der Waals surface area contributed by atoms with Gasteiger partial charge in [-0.3, -0.25) is 0 Å². The lowest BCUT2D eigenvalue weighted by atomic mass is 10.2. The molecule has 3 heteroatoms. The average molecular weight is 209 g/mol. The Labute approximate surface area is 93.5 Å². The molecule has 3 nitrogen and oxygen atoms in total. The SMILES string of the molecule is CCCNC(C#N)CCN(C)CC1CC1. The smallest absolute Gasteiger partial charge is 0.0965 e. The second-order valence-electron chi connectivity index (χ2n) is 4.63. The molecule has 1 aliphatic rings. The van der Waals surface area contributed by atoms with Crippen LogP contribution in [0.1, 0.15) is 32.6 Å². The predicted molar refractivity (Wildman–Crippen MR) is 62.5 cm³/mol. The van der Waals surface area contributed by atoms with E-state index in [2.05, 4.69) is 30.3 Å². The van der Waals surface area contributed by atoms with Crippen molar-refractivity contribution < 1.29 is 0 Å². The van der Waals surface area contributed by atoms with Crippen LogP contribution in [0.3, 0.4) is 0 Å². The van der Waals surface area contributed by atoms with Gasteiger partial charge in [-0.1, -0.05) is 6.92 Å². The molecule has 15 heavy (non-hydrogen) atoms. The zero-order chi connectivity index (χ0) is 11.1. The summed E-state index contributed by atoms with van der Waals surface area (Å²) in [6.45, 7) is 5.32. The average Bonchev–Trinajstić information content (AvgIpc) is 3.02. The van der Waals surface area contributed by atoms with Crippen molar-refractivity contribution in [3.63, 3.8) is 0 Å². The summed E-state index contributed by atoms with van der Waals surface area (Å²) in [6.07, 6.45) is 4.84. The zero-order valence-electron chi connectivity index (χ0n) is 10.00. The first-order valence-corrected chi connectivity index (χ1v) is 6.07. The van der Waals surface area contributed by atoms with Gasteiger partial charge in [0.1, 0.15) is 0 Å². The minimum absolute atomic E-state index is 0.0339. The zero-order valence-corrected chi connectivity index (χ0v) is 10.00. The number of nitrogens with one attached hydrogen (secondary N) is 1. The van der Waals surface area contributed by atoms with Crippen molar-refractivity contribution in [2.75, 3.05) is 26.7 Å². The summed E-state index contributed by atoms with van der Waals surface area (Å²) in [5, 5.41) is 12.2. The van der Waals surface area contributed by atoms with E-state index in [4.69, 9.17) is 5.26 Å². The Balaban J connectivity index is 2.06. The van der Waals surface area contributed by atoms with Crippen molar-refractivity contribution in [1.82, 2.24) is 10.2 Å². The fourth-order valence-electron chi connectivity index (χ4n) is 1.71.